The number of hydrogen-bond donors (Lipinski definition) is 3. The van der Waals surface area contributed by atoms with Crippen LogP contribution < -0.4 is 10.6 Å². The van der Waals surface area contributed by atoms with Gasteiger partial charge >= 0.3 is 0 Å². The Balaban J connectivity index is 1.45. The summed E-state index contributed by atoms with van der Waals surface area (Å²) in [4.78, 5) is 38.6. The lowest BCUT2D eigenvalue weighted by Gasteiger charge is -2.23. The van der Waals surface area contributed by atoms with Crippen molar-refractivity contribution in [3.05, 3.63) is 95.8 Å². The predicted octanol–water partition coefficient (Wildman–Crippen LogP) is 5.51. The van der Waals surface area contributed by atoms with Gasteiger partial charge in [0.25, 0.3) is 5.91 Å². The summed E-state index contributed by atoms with van der Waals surface area (Å²) in [6.45, 7) is 1.57. The van der Waals surface area contributed by atoms with E-state index in [4.69, 9.17) is 0 Å². The van der Waals surface area contributed by atoms with E-state index in [-0.39, 0.29) is 17.7 Å². The molecule has 8 nitrogen and oxygen atoms in total. The maximum absolute atomic E-state index is 13.5. The van der Waals surface area contributed by atoms with Crippen LogP contribution >= 0.6 is 0 Å². The minimum Gasteiger partial charge on any atom is -0.356 e. The second-order valence-corrected chi connectivity index (χ2v) is 10.5. The van der Waals surface area contributed by atoms with Crippen molar-refractivity contribution < 1.29 is 9.59 Å². The van der Waals surface area contributed by atoms with Crippen LogP contribution in [0.2, 0.25) is 0 Å². The van der Waals surface area contributed by atoms with Gasteiger partial charge in [-0.05, 0) is 63.3 Å². The molecule has 4 aromatic rings. The first-order chi connectivity index (χ1) is 19.4. The Bertz CT molecular complexity index is 1470. The summed E-state index contributed by atoms with van der Waals surface area (Å²) in [6, 6.07) is 23.5. The van der Waals surface area contributed by atoms with E-state index in [9.17, 15) is 9.59 Å². The number of para-hydroxylation sites is 1. The first kappa shape index (κ1) is 27.1. The fraction of sp³-hybridized carbons (Fsp3) is 0.281. The summed E-state index contributed by atoms with van der Waals surface area (Å²) in [5.74, 6) is 0.0820. The molecule has 1 aliphatic rings. The number of aromatic nitrogens is 2. The fourth-order valence-corrected chi connectivity index (χ4v) is 5.17. The molecule has 2 amide bonds. The Morgan fingerprint density at radius 1 is 1.07 bits per heavy atom. The van der Waals surface area contributed by atoms with Crippen LogP contribution in [0.4, 0.5) is 17.2 Å². The lowest BCUT2D eigenvalue weighted by molar-refractivity contribution is -0.117. The Morgan fingerprint density at radius 2 is 1.80 bits per heavy atom. The minimum absolute atomic E-state index is 0.0202. The van der Waals surface area contributed by atoms with E-state index in [0.29, 0.717) is 17.9 Å². The van der Waals surface area contributed by atoms with E-state index in [1.165, 1.54) is 0 Å². The van der Waals surface area contributed by atoms with Gasteiger partial charge in [-0.15, -0.1) is 0 Å². The molecule has 0 aliphatic carbocycles. The molecule has 8 heteroatoms. The summed E-state index contributed by atoms with van der Waals surface area (Å²) in [7, 11) is 5.90. The summed E-state index contributed by atoms with van der Waals surface area (Å²) >= 11 is 0. The molecule has 3 N–H and O–H groups in total. The molecule has 0 radical (unpaired) electrons. The summed E-state index contributed by atoms with van der Waals surface area (Å²) in [6.07, 6.45) is 4.06. The second kappa shape index (κ2) is 12.2. The van der Waals surface area contributed by atoms with E-state index in [1.807, 2.05) is 93.9 Å². The third-order valence-electron chi connectivity index (χ3n) is 7.30. The van der Waals surface area contributed by atoms with Gasteiger partial charge in [-0.25, -0.2) is 4.98 Å². The molecule has 0 spiro atoms. The maximum Gasteiger partial charge on any atom is 0.257 e. The largest absolute Gasteiger partial charge is 0.356 e. The number of nitrogens with one attached hydrogen (secondary N) is 3. The van der Waals surface area contributed by atoms with E-state index < -0.39 is 0 Å². The summed E-state index contributed by atoms with van der Waals surface area (Å²) in [5, 5.41) is 6.53. The SMILES string of the molecule is CN(C)CCCC(C(=O)Nc1cc(-c2[nH]c3c(c2Nc2ccccc2)C(=O)N(C)CC3)ccn1)c1ccccc1. The molecule has 1 unspecified atom stereocenters. The number of hydrogen-bond acceptors (Lipinski definition) is 5. The Labute approximate surface area is 235 Å². The predicted molar refractivity (Wildman–Crippen MR) is 160 cm³/mol. The van der Waals surface area contributed by atoms with E-state index >= 15 is 0 Å². The molecule has 0 saturated carbocycles. The summed E-state index contributed by atoms with van der Waals surface area (Å²) in [5.41, 5.74) is 5.79. The normalized spacial score (nSPS) is 13.7. The van der Waals surface area contributed by atoms with E-state index in [0.717, 1.165) is 59.7 Å². The Morgan fingerprint density at radius 3 is 2.52 bits per heavy atom. The van der Waals surface area contributed by atoms with Gasteiger partial charge in [-0.3, -0.25) is 9.59 Å². The number of benzene rings is 2. The number of carbonyl (C=O) groups excluding carboxylic acids is 2. The average Bonchev–Trinajstić information content (AvgIpc) is 3.33. The summed E-state index contributed by atoms with van der Waals surface area (Å²) < 4.78 is 0. The van der Waals surface area contributed by atoms with Gasteiger partial charge in [0.15, 0.2) is 0 Å². The lowest BCUT2D eigenvalue weighted by atomic mass is 9.93. The highest BCUT2D eigenvalue weighted by atomic mass is 16.2. The van der Waals surface area contributed by atoms with Gasteiger partial charge in [-0.1, -0.05) is 48.5 Å². The zero-order valence-electron chi connectivity index (χ0n) is 23.3. The number of nitrogens with zero attached hydrogens (tertiary/aromatic N) is 3. The van der Waals surface area contributed by atoms with E-state index in [1.54, 1.807) is 11.1 Å². The smallest absolute Gasteiger partial charge is 0.257 e. The van der Waals surface area contributed by atoms with Crippen molar-refractivity contribution in [1.82, 2.24) is 19.8 Å². The van der Waals surface area contributed by atoms with Gasteiger partial charge in [0.05, 0.1) is 22.9 Å². The zero-order chi connectivity index (χ0) is 28.1. The second-order valence-electron chi connectivity index (χ2n) is 10.5. The zero-order valence-corrected chi connectivity index (χ0v) is 23.3. The van der Waals surface area contributed by atoms with Crippen molar-refractivity contribution in [2.45, 2.75) is 25.2 Å². The first-order valence-electron chi connectivity index (χ1n) is 13.7. The van der Waals surface area contributed by atoms with Crippen LogP contribution in [0.15, 0.2) is 79.0 Å². The van der Waals surface area contributed by atoms with Crippen LogP contribution in [0.1, 0.15) is 40.4 Å². The third-order valence-corrected chi connectivity index (χ3v) is 7.30. The van der Waals surface area contributed by atoms with Crippen LogP contribution in [0.3, 0.4) is 0 Å². The molecule has 5 rings (SSSR count). The fourth-order valence-electron chi connectivity index (χ4n) is 5.17. The molecular formula is C32H36N6O2. The van der Waals surface area contributed by atoms with Crippen molar-refractivity contribution in [3.8, 4) is 11.3 Å². The number of anilines is 3. The van der Waals surface area contributed by atoms with Crippen molar-refractivity contribution in [1.29, 1.82) is 0 Å². The van der Waals surface area contributed by atoms with Crippen LogP contribution in [0.25, 0.3) is 11.3 Å². The maximum atomic E-state index is 13.5. The molecule has 40 heavy (non-hydrogen) atoms. The lowest BCUT2D eigenvalue weighted by Crippen LogP contribution is -2.34. The molecule has 0 bridgehead atoms. The third kappa shape index (κ3) is 6.07. The molecule has 2 aromatic heterocycles. The van der Waals surface area contributed by atoms with E-state index in [2.05, 4.69) is 25.5 Å². The van der Waals surface area contributed by atoms with Crippen molar-refractivity contribution >= 4 is 29.0 Å². The first-order valence-corrected chi connectivity index (χ1v) is 13.7. The molecule has 2 aromatic carbocycles. The minimum atomic E-state index is -0.284. The number of rotatable bonds is 10. The topological polar surface area (TPSA) is 93.4 Å². The molecule has 0 saturated heterocycles. The van der Waals surface area contributed by atoms with Gasteiger partial charge in [-0.2, -0.15) is 0 Å². The van der Waals surface area contributed by atoms with Crippen molar-refractivity contribution in [2.24, 2.45) is 0 Å². The van der Waals surface area contributed by atoms with Gasteiger partial charge in [0.1, 0.15) is 5.82 Å². The molecule has 3 heterocycles. The van der Waals surface area contributed by atoms with Crippen molar-refractivity contribution in [2.75, 3.05) is 44.9 Å². The van der Waals surface area contributed by atoms with Crippen molar-refractivity contribution in [3.63, 3.8) is 0 Å². The van der Waals surface area contributed by atoms with Crippen LogP contribution in [0, 0.1) is 0 Å². The standard InChI is InChI=1S/C32H36N6O2/c1-37(2)19-10-15-25(22-11-6-4-7-12-22)31(39)36-27-21-23(16-18-33-27)29-30(34-24-13-8-5-9-14-24)28-26(35-29)17-20-38(3)32(28)40/h4-9,11-14,16,18,21,25,34-35H,10,15,17,19-20H2,1-3H3,(H,33,36,39). The monoisotopic (exact) mass is 536 g/mol. The Hall–Kier alpha value is -4.43. The van der Waals surface area contributed by atoms with Crippen LogP contribution in [-0.4, -0.2) is 65.8 Å². The molecule has 1 atom stereocenters. The molecular weight excluding hydrogens is 500 g/mol. The highest BCUT2D eigenvalue weighted by molar-refractivity contribution is 6.06. The highest BCUT2D eigenvalue weighted by Gasteiger charge is 2.30. The average molecular weight is 537 g/mol. The van der Waals surface area contributed by atoms with Gasteiger partial charge in [0.2, 0.25) is 5.91 Å². The quantitative estimate of drug-likeness (QED) is 0.248. The molecule has 206 valence electrons. The number of likely N-dealkylation sites (N-methyl/N-ethyl adjacent to an activating group) is 1. The Kier molecular flexibility index (Phi) is 8.26. The number of H-pyrrole nitrogens is 1. The number of carbonyl (C=O) groups is 2. The number of fused-ring (bicyclic) bond motifs is 1. The molecule has 0 fully saturated rings. The van der Waals surface area contributed by atoms with Gasteiger partial charge in [0, 0.05) is 43.2 Å². The van der Waals surface area contributed by atoms with Gasteiger partial charge < -0.3 is 25.4 Å². The van der Waals surface area contributed by atoms with Crippen LogP contribution in [-0.2, 0) is 11.2 Å². The molecule has 1 aliphatic heterocycles. The number of amides is 2. The number of aromatic amines is 1. The highest BCUT2D eigenvalue weighted by Crippen LogP contribution is 2.38. The van der Waals surface area contributed by atoms with Crippen LogP contribution in [0.5, 0.6) is 0 Å². The number of pyridine rings is 1.